The minimum absolute atomic E-state index is 0.0357. The molecule has 1 atom stereocenters. The maximum atomic E-state index is 13.8. The van der Waals surface area contributed by atoms with Crippen LogP contribution in [0.5, 0.6) is 0 Å². The fourth-order valence-electron chi connectivity index (χ4n) is 3.31. The van der Waals surface area contributed by atoms with Gasteiger partial charge in [-0.05, 0) is 12.1 Å². The Labute approximate surface area is 166 Å². The zero-order valence-corrected chi connectivity index (χ0v) is 15.6. The molecule has 1 aliphatic rings. The summed E-state index contributed by atoms with van der Waals surface area (Å²) in [6.07, 6.45) is -0.0357. The molecule has 1 aliphatic heterocycles. The largest absolute Gasteiger partial charge is 0.326 e. The van der Waals surface area contributed by atoms with Gasteiger partial charge in [0.25, 0.3) is 0 Å². The first-order valence-electron chi connectivity index (χ1n) is 9.26. The number of carbonyl (C=O) groups is 2. The van der Waals surface area contributed by atoms with Crippen molar-refractivity contribution in [2.75, 3.05) is 10.6 Å². The first kappa shape index (κ1) is 18.8. The molecule has 4 rings (SSSR count). The maximum absolute atomic E-state index is 13.8. The molecular weight excluding hydrogens is 373 g/mol. The van der Waals surface area contributed by atoms with Crippen LogP contribution in [-0.4, -0.2) is 21.6 Å². The van der Waals surface area contributed by atoms with E-state index >= 15 is 0 Å². The fourth-order valence-corrected chi connectivity index (χ4v) is 3.31. The lowest BCUT2D eigenvalue weighted by molar-refractivity contribution is -0.125. The van der Waals surface area contributed by atoms with E-state index in [2.05, 4.69) is 15.7 Å². The number of anilines is 2. The van der Waals surface area contributed by atoms with Crippen molar-refractivity contribution in [1.29, 1.82) is 0 Å². The van der Waals surface area contributed by atoms with Gasteiger partial charge in [-0.1, -0.05) is 36.4 Å². The van der Waals surface area contributed by atoms with Crippen LogP contribution in [-0.2, 0) is 22.7 Å². The molecule has 29 heavy (non-hydrogen) atoms. The molecular formula is C21H20FN5O2. The number of benzene rings is 2. The predicted octanol–water partition coefficient (Wildman–Crippen LogP) is 2.75. The number of nitrogens with two attached hydrogens (primary N) is 1. The van der Waals surface area contributed by atoms with E-state index in [-0.39, 0.29) is 24.8 Å². The Morgan fingerprint density at radius 3 is 2.76 bits per heavy atom. The van der Waals surface area contributed by atoms with Crippen molar-refractivity contribution in [2.45, 2.75) is 19.5 Å². The van der Waals surface area contributed by atoms with Crippen molar-refractivity contribution in [3.63, 3.8) is 0 Å². The average Bonchev–Trinajstić information content (AvgIpc) is 3.12. The van der Waals surface area contributed by atoms with Crippen LogP contribution >= 0.6 is 0 Å². The predicted molar refractivity (Wildman–Crippen MR) is 107 cm³/mol. The van der Waals surface area contributed by atoms with Gasteiger partial charge < -0.3 is 16.4 Å². The normalized spacial score (nSPS) is 15.5. The summed E-state index contributed by atoms with van der Waals surface area (Å²) in [6.45, 7) is 0.376. The Hall–Kier alpha value is -3.52. The number of amides is 2. The van der Waals surface area contributed by atoms with Gasteiger partial charge in [-0.3, -0.25) is 9.59 Å². The molecule has 1 aromatic heterocycles. The van der Waals surface area contributed by atoms with Crippen molar-refractivity contribution in [2.24, 2.45) is 11.7 Å². The third kappa shape index (κ3) is 4.02. The van der Waals surface area contributed by atoms with E-state index in [9.17, 15) is 14.0 Å². The molecule has 7 nitrogen and oxygen atoms in total. The summed E-state index contributed by atoms with van der Waals surface area (Å²) in [7, 11) is 0. The van der Waals surface area contributed by atoms with Gasteiger partial charge in [0.1, 0.15) is 11.6 Å². The molecule has 0 saturated heterocycles. The second kappa shape index (κ2) is 7.84. The fraction of sp³-hybridized carbons (Fsp3) is 0.190. The second-order valence-corrected chi connectivity index (χ2v) is 6.91. The van der Waals surface area contributed by atoms with Crippen LogP contribution in [0.3, 0.4) is 0 Å². The van der Waals surface area contributed by atoms with Crippen LogP contribution in [0.1, 0.15) is 12.0 Å². The molecule has 3 aromatic rings. The third-order valence-corrected chi connectivity index (χ3v) is 4.85. The molecule has 0 saturated carbocycles. The summed E-state index contributed by atoms with van der Waals surface area (Å²) < 4.78 is 15.5. The van der Waals surface area contributed by atoms with Crippen molar-refractivity contribution in [3.8, 4) is 11.3 Å². The van der Waals surface area contributed by atoms with E-state index in [1.807, 2.05) is 36.4 Å². The Bertz CT molecular complexity index is 1060. The van der Waals surface area contributed by atoms with Crippen LogP contribution in [0.15, 0.2) is 54.6 Å². The zero-order chi connectivity index (χ0) is 20.4. The van der Waals surface area contributed by atoms with E-state index in [1.165, 1.54) is 12.1 Å². The van der Waals surface area contributed by atoms with Crippen molar-refractivity contribution in [3.05, 3.63) is 66.0 Å². The molecule has 2 aromatic carbocycles. The summed E-state index contributed by atoms with van der Waals surface area (Å²) in [5.74, 6) is -1.06. The van der Waals surface area contributed by atoms with Crippen LogP contribution in [0.25, 0.3) is 11.3 Å². The highest BCUT2D eigenvalue weighted by atomic mass is 19.1. The first-order chi connectivity index (χ1) is 14.0. The zero-order valence-electron chi connectivity index (χ0n) is 15.6. The number of aromatic nitrogens is 2. The number of carbonyl (C=O) groups excluding carboxylic acids is 2. The van der Waals surface area contributed by atoms with E-state index in [0.717, 1.165) is 11.3 Å². The monoisotopic (exact) mass is 393 g/mol. The molecule has 0 radical (unpaired) electrons. The number of fused-ring (bicyclic) bond motifs is 1. The Morgan fingerprint density at radius 1 is 1.24 bits per heavy atom. The Morgan fingerprint density at radius 2 is 2.03 bits per heavy atom. The van der Waals surface area contributed by atoms with Crippen molar-refractivity contribution < 1.29 is 14.0 Å². The summed E-state index contributed by atoms with van der Waals surface area (Å²) in [4.78, 5) is 24.8. The highest BCUT2D eigenvalue weighted by molar-refractivity contribution is 5.99. The average molecular weight is 393 g/mol. The molecule has 148 valence electrons. The summed E-state index contributed by atoms with van der Waals surface area (Å²) >= 11 is 0. The minimum atomic E-state index is -0.570. The summed E-state index contributed by atoms with van der Waals surface area (Å²) in [5.41, 5.74) is 7.83. The van der Waals surface area contributed by atoms with Gasteiger partial charge in [-0.2, -0.15) is 5.10 Å². The van der Waals surface area contributed by atoms with Gasteiger partial charge in [-0.15, -0.1) is 0 Å². The third-order valence-electron chi connectivity index (χ3n) is 4.85. The molecule has 0 bridgehead atoms. The number of hydrogen-bond acceptors (Lipinski definition) is 4. The Kier molecular flexibility index (Phi) is 5.09. The lowest BCUT2D eigenvalue weighted by Crippen LogP contribution is -2.36. The highest BCUT2D eigenvalue weighted by Crippen LogP contribution is 2.27. The van der Waals surface area contributed by atoms with E-state index < -0.39 is 11.7 Å². The van der Waals surface area contributed by atoms with Gasteiger partial charge in [0, 0.05) is 35.8 Å². The van der Waals surface area contributed by atoms with Gasteiger partial charge in [-0.25, -0.2) is 9.07 Å². The van der Waals surface area contributed by atoms with Gasteiger partial charge in [0.15, 0.2) is 0 Å². The minimum Gasteiger partial charge on any atom is -0.326 e. The van der Waals surface area contributed by atoms with Crippen LogP contribution in [0.4, 0.5) is 15.9 Å². The van der Waals surface area contributed by atoms with Crippen LogP contribution in [0, 0.1) is 11.7 Å². The standard InChI is InChI=1S/C21H20FN5O2/c22-17-9-16(7-6-14(17)11-23)24-20(28)8-15-12-27-19(25-21(15)29)10-18(26-27)13-4-2-1-3-5-13/h1-7,9-10,15H,8,11-12,23H2,(H,24,28)(H,25,29). The molecule has 0 spiro atoms. The molecule has 2 amide bonds. The number of hydrogen-bond donors (Lipinski definition) is 3. The lowest BCUT2D eigenvalue weighted by atomic mass is 10.0. The topological polar surface area (TPSA) is 102 Å². The number of halogens is 1. The molecule has 4 N–H and O–H groups in total. The lowest BCUT2D eigenvalue weighted by Gasteiger charge is -2.22. The van der Waals surface area contributed by atoms with Gasteiger partial charge >= 0.3 is 0 Å². The number of nitrogens with one attached hydrogen (secondary N) is 2. The quantitative estimate of drug-likeness (QED) is 0.620. The van der Waals surface area contributed by atoms with Crippen molar-refractivity contribution >= 4 is 23.3 Å². The first-order valence-corrected chi connectivity index (χ1v) is 9.26. The van der Waals surface area contributed by atoms with Gasteiger partial charge in [0.2, 0.25) is 11.8 Å². The molecule has 0 aliphatic carbocycles. The SMILES string of the molecule is NCc1ccc(NC(=O)CC2Cn3nc(-c4ccccc4)cc3NC2=O)cc1F. The Balaban J connectivity index is 1.44. The van der Waals surface area contributed by atoms with Crippen LogP contribution < -0.4 is 16.4 Å². The summed E-state index contributed by atoms with van der Waals surface area (Å²) in [6, 6.07) is 15.8. The van der Waals surface area contributed by atoms with E-state index in [4.69, 9.17) is 5.73 Å². The maximum Gasteiger partial charge on any atom is 0.231 e. The van der Waals surface area contributed by atoms with E-state index in [1.54, 1.807) is 10.7 Å². The smallest absolute Gasteiger partial charge is 0.231 e. The number of nitrogens with zero attached hydrogens (tertiary/aromatic N) is 2. The highest BCUT2D eigenvalue weighted by Gasteiger charge is 2.29. The number of rotatable bonds is 5. The molecule has 0 fully saturated rings. The molecule has 1 unspecified atom stereocenters. The van der Waals surface area contributed by atoms with Gasteiger partial charge in [0.05, 0.1) is 18.2 Å². The van der Waals surface area contributed by atoms with Crippen molar-refractivity contribution in [1.82, 2.24) is 9.78 Å². The second-order valence-electron chi connectivity index (χ2n) is 6.91. The molecule has 2 heterocycles. The van der Waals surface area contributed by atoms with E-state index in [0.29, 0.717) is 23.6 Å². The molecule has 8 heteroatoms. The van der Waals surface area contributed by atoms with Crippen LogP contribution in [0.2, 0.25) is 0 Å². The summed E-state index contributed by atoms with van der Waals surface area (Å²) in [5, 5.41) is 9.97.